The summed E-state index contributed by atoms with van der Waals surface area (Å²) in [7, 11) is 0. The fourth-order valence-electron chi connectivity index (χ4n) is 3.25. The summed E-state index contributed by atoms with van der Waals surface area (Å²) in [4.78, 5) is 15.6. The van der Waals surface area contributed by atoms with Crippen molar-refractivity contribution in [1.29, 1.82) is 0 Å². The minimum Gasteiger partial charge on any atom is -0.363 e. The molecule has 5 heteroatoms. The minimum atomic E-state index is -0.314. The lowest BCUT2D eigenvalue weighted by molar-refractivity contribution is -0.384. The molecule has 1 fully saturated rings. The maximum absolute atomic E-state index is 11.3. The van der Waals surface area contributed by atoms with Gasteiger partial charge in [-0.25, -0.2) is 0 Å². The molecule has 0 aliphatic carbocycles. The SMILES string of the molecule is [CH2]c1ccc(N2CCN(Cc3ccccc3)[C@H](C)C2)c([N+](=O)[O-])c1. The van der Waals surface area contributed by atoms with E-state index in [4.69, 9.17) is 0 Å². The Morgan fingerprint density at radius 1 is 1.21 bits per heavy atom. The molecule has 2 aromatic carbocycles. The molecule has 0 spiro atoms. The van der Waals surface area contributed by atoms with Crippen LogP contribution in [-0.4, -0.2) is 35.5 Å². The van der Waals surface area contributed by atoms with Crippen molar-refractivity contribution in [3.63, 3.8) is 0 Å². The third-order valence-electron chi connectivity index (χ3n) is 4.57. The van der Waals surface area contributed by atoms with Gasteiger partial charge in [0.25, 0.3) is 5.69 Å². The molecule has 3 rings (SSSR count). The highest BCUT2D eigenvalue weighted by Gasteiger charge is 2.27. The molecule has 0 unspecified atom stereocenters. The number of rotatable bonds is 4. The summed E-state index contributed by atoms with van der Waals surface area (Å²) < 4.78 is 0. The van der Waals surface area contributed by atoms with Crippen molar-refractivity contribution < 1.29 is 4.92 Å². The van der Waals surface area contributed by atoms with Gasteiger partial charge in [0.1, 0.15) is 5.69 Å². The number of hydrogen-bond donors (Lipinski definition) is 0. The van der Waals surface area contributed by atoms with Crippen molar-refractivity contribution in [2.45, 2.75) is 19.5 Å². The first kappa shape index (κ1) is 16.5. The van der Waals surface area contributed by atoms with E-state index >= 15 is 0 Å². The number of piperazine rings is 1. The highest BCUT2D eigenvalue weighted by atomic mass is 16.6. The molecule has 2 aromatic rings. The number of nitro benzene ring substituents is 1. The Morgan fingerprint density at radius 3 is 2.62 bits per heavy atom. The van der Waals surface area contributed by atoms with Gasteiger partial charge in [0.2, 0.25) is 0 Å². The largest absolute Gasteiger partial charge is 0.363 e. The van der Waals surface area contributed by atoms with Gasteiger partial charge in [-0.2, -0.15) is 0 Å². The van der Waals surface area contributed by atoms with Gasteiger partial charge in [0.05, 0.1) is 4.92 Å². The van der Waals surface area contributed by atoms with Crippen molar-refractivity contribution in [3.8, 4) is 0 Å². The summed E-state index contributed by atoms with van der Waals surface area (Å²) in [6, 6.07) is 15.9. The molecule has 1 heterocycles. The third kappa shape index (κ3) is 3.57. The zero-order chi connectivity index (χ0) is 17.1. The molecule has 0 saturated carbocycles. The second-order valence-electron chi connectivity index (χ2n) is 6.33. The number of hydrogen-bond acceptors (Lipinski definition) is 4. The Hall–Kier alpha value is -2.40. The van der Waals surface area contributed by atoms with E-state index in [1.165, 1.54) is 5.56 Å². The van der Waals surface area contributed by atoms with E-state index < -0.39 is 0 Å². The predicted octanol–water partition coefficient (Wildman–Crippen LogP) is 3.49. The van der Waals surface area contributed by atoms with E-state index in [0.29, 0.717) is 17.3 Å². The predicted molar refractivity (Wildman–Crippen MR) is 96.1 cm³/mol. The fourth-order valence-corrected chi connectivity index (χ4v) is 3.25. The first-order chi connectivity index (χ1) is 11.5. The monoisotopic (exact) mass is 324 g/mol. The molecular weight excluding hydrogens is 302 g/mol. The highest BCUT2D eigenvalue weighted by Crippen LogP contribution is 2.31. The topological polar surface area (TPSA) is 49.6 Å². The van der Waals surface area contributed by atoms with Gasteiger partial charge >= 0.3 is 0 Å². The van der Waals surface area contributed by atoms with E-state index in [2.05, 4.69) is 47.9 Å². The first-order valence-electron chi connectivity index (χ1n) is 8.18. The Bertz CT molecular complexity index is 718. The Labute approximate surface area is 142 Å². The van der Waals surface area contributed by atoms with Crippen LogP contribution in [0.3, 0.4) is 0 Å². The van der Waals surface area contributed by atoms with E-state index in [-0.39, 0.29) is 10.6 Å². The molecule has 5 nitrogen and oxygen atoms in total. The van der Waals surface area contributed by atoms with Gasteiger partial charge < -0.3 is 4.90 Å². The molecule has 1 aliphatic heterocycles. The summed E-state index contributed by atoms with van der Waals surface area (Å²) in [6.45, 7) is 9.34. The molecule has 1 radical (unpaired) electrons. The Kier molecular flexibility index (Phi) is 4.81. The second-order valence-corrected chi connectivity index (χ2v) is 6.33. The summed E-state index contributed by atoms with van der Waals surface area (Å²) >= 11 is 0. The first-order valence-corrected chi connectivity index (χ1v) is 8.18. The van der Waals surface area contributed by atoms with Crippen molar-refractivity contribution in [2.24, 2.45) is 0 Å². The number of nitro groups is 1. The van der Waals surface area contributed by atoms with Crippen LogP contribution in [0.1, 0.15) is 18.1 Å². The smallest absolute Gasteiger partial charge is 0.292 e. The molecule has 0 bridgehead atoms. The second kappa shape index (κ2) is 7.01. The fraction of sp³-hybridized carbons (Fsp3) is 0.316. The molecular formula is C19H22N3O2. The lowest BCUT2D eigenvalue weighted by Gasteiger charge is -2.40. The molecule has 24 heavy (non-hydrogen) atoms. The summed E-state index contributed by atoms with van der Waals surface area (Å²) in [6.07, 6.45) is 0. The highest BCUT2D eigenvalue weighted by molar-refractivity contribution is 5.65. The van der Waals surface area contributed by atoms with Gasteiger partial charge in [0, 0.05) is 38.3 Å². The van der Waals surface area contributed by atoms with Gasteiger partial charge in [-0.1, -0.05) is 36.4 Å². The molecule has 0 amide bonds. The summed E-state index contributed by atoms with van der Waals surface area (Å²) in [5, 5.41) is 11.3. The van der Waals surface area contributed by atoms with Crippen LogP contribution in [0.5, 0.6) is 0 Å². The standard InChI is InChI=1S/C19H22N3O2/c1-15-8-9-18(19(12-15)22(23)24)21-11-10-20(16(2)13-21)14-17-6-4-3-5-7-17/h3-9,12,16H,1,10-11,13-14H2,2H3/t16-/m1/s1. The third-order valence-corrected chi connectivity index (χ3v) is 4.57. The molecule has 1 aliphatic rings. The normalized spacial score (nSPS) is 18.6. The van der Waals surface area contributed by atoms with Gasteiger partial charge in [-0.15, -0.1) is 0 Å². The van der Waals surface area contributed by atoms with Crippen molar-refractivity contribution in [3.05, 3.63) is 76.7 Å². The molecule has 0 N–H and O–H groups in total. The number of anilines is 1. The van der Waals surface area contributed by atoms with Crippen molar-refractivity contribution in [1.82, 2.24) is 4.90 Å². The molecule has 125 valence electrons. The average Bonchev–Trinajstić information content (AvgIpc) is 2.57. The Balaban J connectivity index is 1.73. The van der Waals surface area contributed by atoms with Gasteiger partial charge in [-0.3, -0.25) is 15.0 Å². The van der Waals surface area contributed by atoms with Crippen molar-refractivity contribution >= 4 is 11.4 Å². The van der Waals surface area contributed by atoms with Crippen LogP contribution in [0.15, 0.2) is 48.5 Å². The van der Waals surface area contributed by atoms with Crippen LogP contribution < -0.4 is 4.90 Å². The Morgan fingerprint density at radius 2 is 1.96 bits per heavy atom. The van der Waals surface area contributed by atoms with Crippen LogP contribution in [0.4, 0.5) is 11.4 Å². The van der Waals surface area contributed by atoms with Crippen LogP contribution >= 0.6 is 0 Å². The van der Waals surface area contributed by atoms with Crippen LogP contribution in [0, 0.1) is 17.0 Å². The van der Waals surface area contributed by atoms with E-state index in [0.717, 1.165) is 26.2 Å². The van der Waals surface area contributed by atoms with Crippen LogP contribution in [-0.2, 0) is 6.54 Å². The van der Waals surface area contributed by atoms with Crippen molar-refractivity contribution in [2.75, 3.05) is 24.5 Å². The summed E-state index contributed by atoms with van der Waals surface area (Å²) in [5.41, 5.74) is 2.80. The summed E-state index contributed by atoms with van der Waals surface area (Å²) in [5.74, 6) is 0. The molecule has 1 saturated heterocycles. The lowest BCUT2D eigenvalue weighted by Crippen LogP contribution is -2.51. The number of nitrogens with zero attached hydrogens (tertiary/aromatic N) is 3. The average molecular weight is 324 g/mol. The lowest BCUT2D eigenvalue weighted by atomic mass is 10.1. The van der Waals surface area contributed by atoms with Gasteiger partial charge in [-0.05, 0) is 31.0 Å². The molecule has 0 aromatic heterocycles. The van der Waals surface area contributed by atoms with E-state index in [9.17, 15) is 10.1 Å². The van der Waals surface area contributed by atoms with Crippen LogP contribution in [0.2, 0.25) is 0 Å². The quantitative estimate of drug-likeness (QED) is 0.638. The molecule has 1 atom stereocenters. The van der Waals surface area contributed by atoms with Crippen LogP contribution in [0.25, 0.3) is 0 Å². The van der Waals surface area contributed by atoms with Gasteiger partial charge in [0.15, 0.2) is 0 Å². The minimum absolute atomic E-state index is 0.145. The zero-order valence-corrected chi connectivity index (χ0v) is 13.9. The number of benzene rings is 2. The maximum atomic E-state index is 11.3. The maximum Gasteiger partial charge on any atom is 0.292 e. The zero-order valence-electron chi connectivity index (χ0n) is 13.9. The van der Waals surface area contributed by atoms with E-state index in [1.807, 2.05) is 18.2 Å². The van der Waals surface area contributed by atoms with E-state index in [1.54, 1.807) is 6.07 Å².